The van der Waals surface area contributed by atoms with Crippen molar-refractivity contribution in [1.82, 2.24) is 9.97 Å². The second-order valence-corrected chi connectivity index (χ2v) is 6.25. The van der Waals surface area contributed by atoms with Gasteiger partial charge in [-0.3, -0.25) is 4.21 Å². The fourth-order valence-corrected chi connectivity index (χ4v) is 2.63. The summed E-state index contributed by atoms with van der Waals surface area (Å²) in [6.45, 7) is 0. The molecule has 1 heterocycles. The van der Waals surface area contributed by atoms with Crippen molar-refractivity contribution < 1.29 is 17.4 Å². The normalized spacial score (nSPS) is 13.0. The van der Waals surface area contributed by atoms with Crippen LogP contribution in [0.5, 0.6) is 0 Å². The Morgan fingerprint density at radius 1 is 1.32 bits per heavy atom. The van der Waals surface area contributed by atoms with Gasteiger partial charge in [-0.15, -0.1) is 0 Å². The van der Waals surface area contributed by atoms with Crippen LogP contribution in [0.25, 0.3) is 0 Å². The van der Waals surface area contributed by atoms with Gasteiger partial charge >= 0.3 is 6.18 Å². The van der Waals surface area contributed by atoms with Gasteiger partial charge in [0, 0.05) is 39.7 Å². The van der Waals surface area contributed by atoms with Gasteiger partial charge in [-0.25, -0.2) is 9.97 Å². The summed E-state index contributed by atoms with van der Waals surface area (Å²) in [7, 11) is -1.09. The Hall–Kier alpha value is -1.67. The van der Waals surface area contributed by atoms with Crippen molar-refractivity contribution in [3.05, 3.63) is 46.7 Å². The summed E-state index contributed by atoms with van der Waals surface area (Å²) in [5, 5.41) is 3.11. The Bertz CT molecular complexity index is 709. The number of hydrogen-bond acceptors (Lipinski definition) is 4. The van der Waals surface area contributed by atoms with Crippen molar-refractivity contribution in [2.75, 3.05) is 11.6 Å². The smallest absolute Gasteiger partial charge is 0.324 e. The van der Waals surface area contributed by atoms with Crippen molar-refractivity contribution in [2.24, 2.45) is 0 Å². The van der Waals surface area contributed by atoms with Crippen LogP contribution < -0.4 is 5.32 Å². The molecule has 0 aliphatic carbocycles. The van der Waals surface area contributed by atoms with E-state index in [1.165, 1.54) is 6.26 Å². The Morgan fingerprint density at radius 2 is 2.05 bits per heavy atom. The lowest BCUT2D eigenvalue weighted by Crippen LogP contribution is -2.10. The Balaban J connectivity index is 2.26. The molecule has 0 amide bonds. The second-order valence-electron chi connectivity index (χ2n) is 4.41. The van der Waals surface area contributed by atoms with E-state index in [4.69, 9.17) is 11.6 Å². The lowest BCUT2D eigenvalue weighted by molar-refractivity contribution is -0.141. The predicted octanol–water partition coefficient (Wildman–Crippen LogP) is 3.77. The van der Waals surface area contributed by atoms with Crippen LogP contribution in [0.15, 0.2) is 30.5 Å². The molecule has 1 aromatic heterocycles. The van der Waals surface area contributed by atoms with Crippen LogP contribution in [0.2, 0.25) is 5.02 Å². The van der Waals surface area contributed by atoms with Gasteiger partial charge < -0.3 is 5.32 Å². The van der Waals surface area contributed by atoms with E-state index in [2.05, 4.69) is 15.3 Å². The number of alkyl halides is 3. The molecule has 4 nitrogen and oxygen atoms in total. The zero-order valence-electron chi connectivity index (χ0n) is 11.3. The number of halogens is 4. The molecule has 0 radical (unpaired) electrons. The molecular formula is C13H11ClF3N3OS. The monoisotopic (exact) mass is 349 g/mol. The van der Waals surface area contributed by atoms with Crippen molar-refractivity contribution in [2.45, 2.75) is 11.9 Å². The number of benzene rings is 1. The molecule has 0 bridgehead atoms. The van der Waals surface area contributed by atoms with Crippen LogP contribution in [0, 0.1) is 0 Å². The molecule has 2 rings (SSSR count). The molecule has 0 spiro atoms. The molecule has 0 unspecified atom stereocenters. The Kier molecular flexibility index (Phi) is 5.02. The van der Waals surface area contributed by atoms with E-state index in [-0.39, 0.29) is 11.7 Å². The highest BCUT2D eigenvalue weighted by Gasteiger charge is 2.32. The quantitative estimate of drug-likeness (QED) is 0.913. The number of anilines is 2. The average molecular weight is 350 g/mol. The molecular weight excluding hydrogens is 339 g/mol. The maximum absolute atomic E-state index is 12.6. The van der Waals surface area contributed by atoms with E-state index >= 15 is 0 Å². The first kappa shape index (κ1) is 16.7. The molecule has 0 fully saturated rings. The van der Waals surface area contributed by atoms with E-state index in [9.17, 15) is 17.4 Å². The zero-order chi connectivity index (χ0) is 16.3. The molecule has 2 aromatic rings. The lowest BCUT2D eigenvalue weighted by Gasteiger charge is -2.10. The minimum absolute atomic E-state index is 0.180. The third-order valence-electron chi connectivity index (χ3n) is 2.61. The number of rotatable bonds is 4. The van der Waals surface area contributed by atoms with Crippen molar-refractivity contribution in [3.63, 3.8) is 0 Å². The van der Waals surface area contributed by atoms with Crippen LogP contribution in [0.1, 0.15) is 11.3 Å². The number of nitrogens with one attached hydrogen (secondary N) is 1. The van der Waals surface area contributed by atoms with E-state index < -0.39 is 22.7 Å². The number of nitrogens with zero attached hydrogens (tertiary/aromatic N) is 2. The summed E-state index contributed by atoms with van der Waals surface area (Å²) in [6.07, 6.45) is -1.98. The molecule has 0 saturated heterocycles. The first-order valence-electron chi connectivity index (χ1n) is 6.01. The van der Waals surface area contributed by atoms with Gasteiger partial charge in [0.05, 0.1) is 0 Å². The molecule has 1 atom stereocenters. The summed E-state index contributed by atoms with van der Waals surface area (Å²) in [5.74, 6) is 0.0679. The van der Waals surface area contributed by atoms with E-state index in [1.807, 2.05) is 0 Å². The highest BCUT2D eigenvalue weighted by atomic mass is 35.5. The number of hydrogen-bond donors (Lipinski definition) is 1. The van der Waals surface area contributed by atoms with Crippen LogP contribution in [0.4, 0.5) is 24.8 Å². The van der Waals surface area contributed by atoms with Crippen molar-refractivity contribution in [1.29, 1.82) is 0 Å². The van der Waals surface area contributed by atoms with Gasteiger partial charge in [-0.1, -0.05) is 11.6 Å². The molecule has 0 aliphatic heterocycles. The zero-order valence-corrected chi connectivity index (χ0v) is 12.9. The molecule has 0 saturated carbocycles. The van der Waals surface area contributed by atoms with Gasteiger partial charge in [0.25, 0.3) is 0 Å². The molecule has 1 N–H and O–H groups in total. The summed E-state index contributed by atoms with van der Waals surface area (Å²) in [6, 6.07) is 5.54. The van der Waals surface area contributed by atoms with E-state index in [0.717, 1.165) is 12.3 Å². The van der Waals surface area contributed by atoms with Crippen LogP contribution in [-0.2, 0) is 22.7 Å². The maximum atomic E-state index is 12.6. The lowest BCUT2D eigenvalue weighted by atomic mass is 10.2. The van der Waals surface area contributed by atoms with Crippen LogP contribution in [-0.4, -0.2) is 20.4 Å². The minimum Gasteiger partial charge on any atom is -0.324 e. The van der Waals surface area contributed by atoms with Gasteiger partial charge in [-0.05, 0) is 29.8 Å². The summed E-state index contributed by atoms with van der Waals surface area (Å²) >= 11 is 5.99. The largest absolute Gasteiger partial charge is 0.433 e. The first-order chi connectivity index (χ1) is 10.3. The SMILES string of the molecule is C[S@@](=O)Cc1cc(Nc2nccc(C(F)(F)F)n2)ccc1Cl. The van der Waals surface area contributed by atoms with Crippen LogP contribution in [0.3, 0.4) is 0 Å². The standard InChI is InChI=1S/C13H11ClF3N3OS/c1-22(21)7-8-6-9(2-3-10(8)14)19-12-18-5-4-11(20-12)13(15,16)17/h2-6H,7H2,1H3,(H,18,19,20)/t22-/m1/s1. The third kappa shape index (κ3) is 4.41. The Labute approximate surface area is 132 Å². The molecule has 1 aromatic carbocycles. The van der Waals surface area contributed by atoms with Crippen LogP contribution >= 0.6 is 11.6 Å². The molecule has 0 aliphatic rings. The Morgan fingerprint density at radius 3 is 2.68 bits per heavy atom. The highest BCUT2D eigenvalue weighted by molar-refractivity contribution is 7.83. The summed E-state index contributed by atoms with van der Waals surface area (Å²) in [4.78, 5) is 7.16. The maximum Gasteiger partial charge on any atom is 0.433 e. The highest BCUT2D eigenvalue weighted by Crippen LogP contribution is 2.28. The van der Waals surface area contributed by atoms with E-state index in [1.54, 1.807) is 18.2 Å². The first-order valence-corrected chi connectivity index (χ1v) is 8.12. The second kappa shape index (κ2) is 6.62. The average Bonchev–Trinajstić information content (AvgIpc) is 2.41. The molecule has 9 heteroatoms. The van der Waals surface area contributed by atoms with Crippen molar-refractivity contribution in [3.8, 4) is 0 Å². The molecule has 22 heavy (non-hydrogen) atoms. The fraction of sp³-hybridized carbons (Fsp3) is 0.231. The third-order valence-corrected chi connectivity index (χ3v) is 3.69. The minimum atomic E-state index is -4.54. The predicted molar refractivity (Wildman–Crippen MR) is 79.5 cm³/mol. The van der Waals surface area contributed by atoms with E-state index in [0.29, 0.717) is 16.3 Å². The van der Waals surface area contributed by atoms with Gasteiger partial charge in [0.2, 0.25) is 5.95 Å². The van der Waals surface area contributed by atoms with Gasteiger partial charge in [0.1, 0.15) is 5.69 Å². The topological polar surface area (TPSA) is 54.9 Å². The summed E-state index contributed by atoms with van der Waals surface area (Å²) in [5.41, 5.74) is 0.0532. The molecule has 118 valence electrons. The van der Waals surface area contributed by atoms with Crippen molar-refractivity contribution >= 4 is 34.0 Å². The van der Waals surface area contributed by atoms with Gasteiger partial charge in [-0.2, -0.15) is 13.2 Å². The number of aromatic nitrogens is 2. The summed E-state index contributed by atoms with van der Waals surface area (Å²) < 4.78 is 49.1. The van der Waals surface area contributed by atoms with Gasteiger partial charge in [0.15, 0.2) is 0 Å². The fourth-order valence-electron chi connectivity index (χ4n) is 1.69.